The van der Waals surface area contributed by atoms with Crippen molar-refractivity contribution in [2.24, 2.45) is 0 Å². The first kappa shape index (κ1) is 16.1. The lowest BCUT2D eigenvalue weighted by atomic mass is 10.0. The lowest BCUT2D eigenvalue weighted by Gasteiger charge is -2.32. The fraction of sp³-hybridized carbons (Fsp3) is 0.562. The lowest BCUT2D eigenvalue weighted by molar-refractivity contribution is -0.123. The van der Waals surface area contributed by atoms with Gasteiger partial charge in [-0.2, -0.15) is 0 Å². The van der Waals surface area contributed by atoms with E-state index in [2.05, 4.69) is 27.7 Å². The van der Waals surface area contributed by atoms with E-state index in [0.29, 0.717) is 6.04 Å². The van der Waals surface area contributed by atoms with Crippen molar-refractivity contribution in [1.82, 2.24) is 15.5 Å². The van der Waals surface area contributed by atoms with E-state index in [-0.39, 0.29) is 11.9 Å². The van der Waals surface area contributed by atoms with Gasteiger partial charge in [-0.15, -0.1) is 11.8 Å². The van der Waals surface area contributed by atoms with E-state index in [4.69, 9.17) is 11.6 Å². The number of thioether (sulfide) groups is 1. The number of hydrogen-bond acceptors (Lipinski definition) is 4. The highest BCUT2D eigenvalue weighted by atomic mass is 35.5. The monoisotopic (exact) mass is 339 g/mol. The summed E-state index contributed by atoms with van der Waals surface area (Å²) in [6, 6.07) is 8.37. The van der Waals surface area contributed by atoms with Crippen LogP contribution in [0.5, 0.6) is 0 Å². The normalized spacial score (nSPS) is 23.6. The van der Waals surface area contributed by atoms with Gasteiger partial charge in [0.2, 0.25) is 5.91 Å². The zero-order chi connectivity index (χ0) is 15.4. The third kappa shape index (κ3) is 4.38. The Morgan fingerprint density at radius 3 is 2.68 bits per heavy atom. The molecule has 1 atom stereocenters. The third-order valence-electron chi connectivity index (χ3n) is 4.29. The molecule has 4 nitrogen and oxygen atoms in total. The molecule has 2 saturated heterocycles. The second kappa shape index (κ2) is 7.68. The molecule has 1 aromatic carbocycles. The minimum absolute atomic E-state index is 0.00269. The molecule has 0 saturated carbocycles. The molecule has 0 radical (unpaired) electrons. The van der Waals surface area contributed by atoms with Crippen LogP contribution in [0.2, 0.25) is 5.02 Å². The standard InChI is InChI=1S/C16H22ClN3OS/c17-13-3-1-12(2-4-13)9-20-7-5-14(6-8-20)19-16(21)15-10-22-11-18-15/h1-4,14-15,18H,5-11H2,(H,19,21). The van der Waals surface area contributed by atoms with Crippen LogP contribution in [-0.4, -0.2) is 47.6 Å². The molecule has 120 valence electrons. The molecule has 1 amide bonds. The second-order valence-corrected chi connectivity index (χ2v) is 7.42. The van der Waals surface area contributed by atoms with Crippen LogP contribution in [0.1, 0.15) is 18.4 Å². The van der Waals surface area contributed by atoms with Gasteiger partial charge in [0.1, 0.15) is 0 Å². The number of amides is 1. The number of piperidine rings is 1. The van der Waals surface area contributed by atoms with Crippen molar-refractivity contribution in [2.45, 2.75) is 31.5 Å². The largest absolute Gasteiger partial charge is 0.352 e. The number of benzene rings is 1. The molecule has 2 fully saturated rings. The van der Waals surface area contributed by atoms with Crippen molar-refractivity contribution >= 4 is 29.3 Å². The molecule has 1 unspecified atom stereocenters. The molecule has 0 spiro atoms. The molecular formula is C16H22ClN3OS. The summed E-state index contributed by atoms with van der Waals surface area (Å²) in [5.41, 5.74) is 1.29. The van der Waals surface area contributed by atoms with Crippen molar-refractivity contribution in [3.05, 3.63) is 34.9 Å². The van der Waals surface area contributed by atoms with Gasteiger partial charge in [0.05, 0.1) is 6.04 Å². The quantitative estimate of drug-likeness (QED) is 0.881. The number of carbonyl (C=O) groups excluding carboxylic acids is 1. The highest BCUT2D eigenvalue weighted by Crippen LogP contribution is 2.16. The van der Waals surface area contributed by atoms with Gasteiger partial charge in [-0.05, 0) is 30.5 Å². The Morgan fingerprint density at radius 1 is 1.32 bits per heavy atom. The van der Waals surface area contributed by atoms with Crippen molar-refractivity contribution in [2.75, 3.05) is 24.7 Å². The van der Waals surface area contributed by atoms with Gasteiger partial charge in [0.15, 0.2) is 0 Å². The number of nitrogens with zero attached hydrogens (tertiary/aromatic N) is 1. The molecule has 2 aliphatic rings. The fourth-order valence-corrected chi connectivity index (χ4v) is 4.02. The van der Waals surface area contributed by atoms with Crippen molar-refractivity contribution in [1.29, 1.82) is 0 Å². The van der Waals surface area contributed by atoms with Gasteiger partial charge in [0.25, 0.3) is 0 Å². The summed E-state index contributed by atoms with van der Waals surface area (Å²) in [5.74, 6) is 1.94. The Hall–Kier alpha value is -0.750. The van der Waals surface area contributed by atoms with Crippen LogP contribution in [0.4, 0.5) is 0 Å². The van der Waals surface area contributed by atoms with Gasteiger partial charge in [-0.1, -0.05) is 23.7 Å². The van der Waals surface area contributed by atoms with Crippen LogP contribution in [-0.2, 0) is 11.3 Å². The molecule has 22 heavy (non-hydrogen) atoms. The zero-order valence-electron chi connectivity index (χ0n) is 12.6. The Bertz CT molecular complexity index is 497. The Morgan fingerprint density at radius 2 is 2.05 bits per heavy atom. The van der Waals surface area contributed by atoms with E-state index in [1.54, 1.807) is 11.8 Å². The minimum Gasteiger partial charge on any atom is -0.352 e. The predicted octanol–water partition coefficient (Wildman–Crippen LogP) is 2.08. The molecular weight excluding hydrogens is 318 g/mol. The summed E-state index contributed by atoms with van der Waals surface area (Å²) < 4.78 is 0. The Labute approximate surface area is 141 Å². The van der Waals surface area contributed by atoms with Crippen molar-refractivity contribution < 1.29 is 4.79 Å². The first-order chi connectivity index (χ1) is 10.7. The fourth-order valence-electron chi connectivity index (χ4n) is 2.95. The Kier molecular flexibility index (Phi) is 5.63. The van der Waals surface area contributed by atoms with Crippen molar-refractivity contribution in [3.8, 4) is 0 Å². The topological polar surface area (TPSA) is 44.4 Å². The predicted molar refractivity (Wildman–Crippen MR) is 92.1 cm³/mol. The molecule has 0 aromatic heterocycles. The van der Waals surface area contributed by atoms with Crippen LogP contribution >= 0.6 is 23.4 Å². The number of carbonyl (C=O) groups is 1. The van der Waals surface area contributed by atoms with Crippen molar-refractivity contribution in [3.63, 3.8) is 0 Å². The SMILES string of the molecule is O=C(NC1CCN(Cc2ccc(Cl)cc2)CC1)C1CSCN1. The first-order valence-corrected chi connectivity index (χ1v) is 9.32. The van der Waals surface area contributed by atoms with Gasteiger partial charge < -0.3 is 5.32 Å². The maximum Gasteiger partial charge on any atom is 0.238 e. The van der Waals surface area contributed by atoms with Crippen LogP contribution in [0, 0.1) is 0 Å². The number of rotatable bonds is 4. The van der Waals surface area contributed by atoms with Crippen LogP contribution in [0.15, 0.2) is 24.3 Å². The van der Waals surface area contributed by atoms with Gasteiger partial charge in [-0.25, -0.2) is 0 Å². The maximum absolute atomic E-state index is 12.1. The molecule has 1 aromatic rings. The molecule has 0 bridgehead atoms. The van der Waals surface area contributed by atoms with E-state index >= 15 is 0 Å². The summed E-state index contributed by atoms with van der Waals surface area (Å²) in [6.07, 6.45) is 2.05. The van der Waals surface area contributed by atoms with E-state index in [0.717, 1.165) is 49.1 Å². The number of likely N-dealkylation sites (tertiary alicyclic amines) is 1. The Balaban J connectivity index is 1.42. The zero-order valence-corrected chi connectivity index (χ0v) is 14.1. The minimum atomic E-state index is -0.00269. The third-order valence-corrected chi connectivity index (χ3v) is 5.48. The lowest BCUT2D eigenvalue weighted by Crippen LogP contribution is -2.50. The van der Waals surface area contributed by atoms with Crippen LogP contribution in [0.3, 0.4) is 0 Å². The molecule has 2 N–H and O–H groups in total. The highest BCUT2D eigenvalue weighted by Gasteiger charge is 2.26. The maximum atomic E-state index is 12.1. The van der Waals surface area contributed by atoms with E-state index in [1.807, 2.05) is 12.1 Å². The summed E-state index contributed by atoms with van der Waals surface area (Å²) >= 11 is 7.70. The molecule has 3 rings (SSSR count). The van der Waals surface area contributed by atoms with Crippen LogP contribution < -0.4 is 10.6 Å². The molecule has 6 heteroatoms. The molecule has 2 aliphatic heterocycles. The molecule has 0 aliphatic carbocycles. The van der Waals surface area contributed by atoms with Gasteiger partial charge in [-0.3, -0.25) is 15.0 Å². The second-order valence-electron chi connectivity index (χ2n) is 5.96. The van der Waals surface area contributed by atoms with E-state index in [1.165, 1.54) is 5.56 Å². The average molecular weight is 340 g/mol. The molecule has 2 heterocycles. The number of hydrogen-bond donors (Lipinski definition) is 2. The summed E-state index contributed by atoms with van der Waals surface area (Å²) in [5, 5.41) is 7.20. The highest BCUT2D eigenvalue weighted by molar-refractivity contribution is 7.99. The van der Waals surface area contributed by atoms with Gasteiger partial charge >= 0.3 is 0 Å². The number of nitrogens with one attached hydrogen (secondary N) is 2. The van der Waals surface area contributed by atoms with Gasteiger partial charge in [0, 0.05) is 42.3 Å². The van der Waals surface area contributed by atoms with Crippen LogP contribution in [0.25, 0.3) is 0 Å². The average Bonchev–Trinajstić information content (AvgIpc) is 3.06. The van der Waals surface area contributed by atoms with E-state index < -0.39 is 0 Å². The summed E-state index contributed by atoms with van der Waals surface area (Å²) in [6.45, 7) is 3.01. The summed E-state index contributed by atoms with van der Waals surface area (Å²) in [4.78, 5) is 14.5. The number of halogens is 1. The van der Waals surface area contributed by atoms with E-state index in [9.17, 15) is 4.79 Å². The smallest absolute Gasteiger partial charge is 0.238 e. The first-order valence-electron chi connectivity index (χ1n) is 7.79. The summed E-state index contributed by atoms with van der Waals surface area (Å²) in [7, 11) is 0.